The third kappa shape index (κ3) is 4.80. The third-order valence-corrected chi connectivity index (χ3v) is 4.19. The van der Waals surface area contributed by atoms with E-state index in [1.807, 2.05) is 0 Å². The van der Waals surface area contributed by atoms with Crippen molar-refractivity contribution in [2.75, 3.05) is 13.7 Å². The molecule has 21 heavy (non-hydrogen) atoms. The third-order valence-electron chi connectivity index (χ3n) is 3.30. The van der Waals surface area contributed by atoms with Gasteiger partial charge in [-0.25, -0.2) is 18.4 Å². The maximum absolute atomic E-state index is 12.0. The molecule has 0 heterocycles. The molecule has 2 N–H and O–H groups in total. The minimum Gasteiger partial charge on any atom is -0.462 e. The minimum absolute atomic E-state index is 0.119. The van der Waals surface area contributed by atoms with Gasteiger partial charge in [0, 0.05) is 7.11 Å². The van der Waals surface area contributed by atoms with Crippen molar-refractivity contribution in [3.8, 4) is 0 Å². The number of primary sulfonamides is 1. The number of carbonyl (C=O) groups is 1. The Bertz CT molecular complexity index is 622. The molecule has 6 nitrogen and oxygen atoms in total. The molecule has 1 saturated carbocycles. The van der Waals surface area contributed by atoms with Crippen molar-refractivity contribution in [2.24, 2.45) is 11.1 Å². The summed E-state index contributed by atoms with van der Waals surface area (Å²) in [5.74, 6) is 0.121. The molecule has 1 aromatic carbocycles. The molecular weight excluding hydrogens is 294 g/mol. The second kappa shape index (κ2) is 6.55. The summed E-state index contributed by atoms with van der Waals surface area (Å²) in [7, 11) is -2.40. The Morgan fingerprint density at radius 1 is 1.33 bits per heavy atom. The molecule has 0 spiro atoms. The van der Waals surface area contributed by atoms with Crippen molar-refractivity contribution in [1.29, 1.82) is 0 Å². The van der Waals surface area contributed by atoms with Crippen LogP contribution < -0.4 is 5.14 Å². The lowest BCUT2D eigenvalue weighted by Crippen LogP contribution is -2.15. The van der Waals surface area contributed by atoms with Crippen molar-refractivity contribution in [3.63, 3.8) is 0 Å². The molecule has 0 unspecified atom stereocenters. The van der Waals surface area contributed by atoms with Gasteiger partial charge in [-0.3, -0.25) is 0 Å². The van der Waals surface area contributed by atoms with Crippen LogP contribution in [0.5, 0.6) is 0 Å². The van der Waals surface area contributed by atoms with Crippen molar-refractivity contribution in [1.82, 2.24) is 0 Å². The van der Waals surface area contributed by atoms with E-state index in [9.17, 15) is 13.2 Å². The molecule has 0 atom stereocenters. The van der Waals surface area contributed by atoms with E-state index in [2.05, 4.69) is 0 Å². The highest BCUT2D eigenvalue weighted by atomic mass is 32.2. The highest BCUT2D eigenvalue weighted by Crippen LogP contribution is 2.32. The van der Waals surface area contributed by atoms with Crippen molar-refractivity contribution in [2.45, 2.75) is 30.8 Å². The summed E-state index contributed by atoms with van der Waals surface area (Å²) in [4.78, 5) is 11.9. The van der Waals surface area contributed by atoms with Crippen LogP contribution in [0, 0.1) is 5.92 Å². The first-order valence-electron chi connectivity index (χ1n) is 6.73. The molecule has 1 aromatic rings. The maximum Gasteiger partial charge on any atom is 0.338 e. The van der Waals surface area contributed by atoms with Gasteiger partial charge in [0.2, 0.25) is 10.0 Å². The number of hydrogen-bond acceptors (Lipinski definition) is 5. The summed E-state index contributed by atoms with van der Waals surface area (Å²) in [6.45, 7) is 0.536. The lowest BCUT2D eigenvalue weighted by Gasteiger charge is -2.08. The lowest BCUT2D eigenvalue weighted by molar-refractivity contribution is 0.0494. The Morgan fingerprint density at radius 3 is 2.62 bits per heavy atom. The Kier molecular flexibility index (Phi) is 4.97. The summed E-state index contributed by atoms with van der Waals surface area (Å²) in [5, 5.41) is 5.12. The molecule has 0 saturated heterocycles. The molecule has 1 aliphatic rings. The van der Waals surface area contributed by atoms with Gasteiger partial charge >= 0.3 is 5.97 Å². The van der Waals surface area contributed by atoms with Gasteiger partial charge in [-0.15, -0.1) is 0 Å². The first-order chi connectivity index (χ1) is 9.90. The molecule has 0 aromatic heterocycles. The van der Waals surface area contributed by atoms with E-state index < -0.39 is 16.0 Å². The molecule has 0 amide bonds. The first kappa shape index (κ1) is 15.9. The second-order valence-electron chi connectivity index (χ2n) is 5.21. The standard InChI is InChI=1S/C14H19NO5S/c1-19-9-11-6-12(8-13(7-11)21(15,17)18)14(16)20-5-4-10-2-3-10/h6-8,10H,2-5,9H2,1H3,(H2,15,17,18). The van der Waals surface area contributed by atoms with Crippen molar-refractivity contribution >= 4 is 16.0 Å². The van der Waals surface area contributed by atoms with E-state index in [4.69, 9.17) is 14.6 Å². The molecule has 2 rings (SSSR count). The van der Waals surface area contributed by atoms with E-state index in [0.29, 0.717) is 18.1 Å². The van der Waals surface area contributed by atoms with Crippen LogP contribution in [0.4, 0.5) is 0 Å². The molecule has 116 valence electrons. The normalized spacial score (nSPS) is 15.0. The predicted molar refractivity (Wildman–Crippen MR) is 76.2 cm³/mol. The van der Waals surface area contributed by atoms with E-state index in [0.717, 1.165) is 6.42 Å². The average molecular weight is 313 g/mol. The number of methoxy groups -OCH3 is 1. The monoisotopic (exact) mass is 313 g/mol. The Balaban J connectivity index is 2.15. The fourth-order valence-electron chi connectivity index (χ4n) is 2.00. The molecule has 1 aliphatic carbocycles. The van der Waals surface area contributed by atoms with Gasteiger partial charge in [0.05, 0.1) is 23.7 Å². The highest BCUT2D eigenvalue weighted by molar-refractivity contribution is 7.89. The first-order valence-corrected chi connectivity index (χ1v) is 8.27. The second-order valence-corrected chi connectivity index (χ2v) is 6.77. The predicted octanol–water partition coefficient (Wildman–Crippen LogP) is 1.44. The van der Waals surface area contributed by atoms with Crippen LogP contribution >= 0.6 is 0 Å². The number of carbonyl (C=O) groups excluding carboxylic acids is 1. The van der Waals surface area contributed by atoms with Crippen molar-refractivity contribution in [3.05, 3.63) is 29.3 Å². The van der Waals surface area contributed by atoms with Crippen molar-refractivity contribution < 1.29 is 22.7 Å². The average Bonchev–Trinajstić information content (AvgIpc) is 3.22. The van der Waals surface area contributed by atoms with Crippen LogP contribution in [0.15, 0.2) is 23.1 Å². The Hall–Kier alpha value is -1.44. The van der Waals surface area contributed by atoms with Crippen LogP contribution in [0.3, 0.4) is 0 Å². The smallest absolute Gasteiger partial charge is 0.338 e. The molecule has 0 radical (unpaired) electrons. The van der Waals surface area contributed by atoms with E-state index in [-0.39, 0.29) is 17.1 Å². The summed E-state index contributed by atoms with van der Waals surface area (Å²) in [6, 6.07) is 4.17. The fourth-order valence-corrected chi connectivity index (χ4v) is 2.61. The van der Waals surface area contributed by atoms with Crippen LogP contribution in [0.1, 0.15) is 35.2 Å². The van der Waals surface area contributed by atoms with E-state index >= 15 is 0 Å². The fraction of sp³-hybridized carbons (Fsp3) is 0.500. The summed E-state index contributed by atoms with van der Waals surface area (Å²) < 4.78 is 33.0. The van der Waals surface area contributed by atoms with Crippen LogP contribution in [0.2, 0.25) is 0 Å². The summed E-state index contributed by atoms with van der Waals surface area (Å²) in [6.07, 6.45) is 3.23. The quantitative estimate of drug-likeness (QED) is 0.768. The van der Waals surface area contributed by atoms with Crippen LogP contribution in [-0.4, -0.2) is 28.1 Å². The number of esters is 1. The minimum atomic E-state index is -3.89. The van der Waals surface area contributed by atoms with Gasteiger partial charge in [0.1, 0.15) is 0 Å². The number of nitrogens with two attached hydrogens (primary N) is 1. The van der Waals surface area contributed by atoms with E-state index in [1.165, 1.54) is 32.1 Å². The van der Waals surface area contributed by atoms with Crippen LogP contribution in [-0.2, 0) is 26.1 Å². The largest absolute Gasteiger partial charge is 0.462 e. The van der Waals surface area contributed by atoms with Gasteiger partial charge in [-0.1, -0.05) is 12.8 Å². The van der Waals surface area contributed by atoms with Gasteiger partial charge in [0.25, 0.3) is 0 Å². The van der Waals surface area contributed by atoms with Gasteiger partial charge in [-0.05, 0) is 36.1 Å². The molecule has 1 fully saturated rings. The number of sulfonamides is 1. The Labute approximate surface area is 124 Å². The molecule has 7 heteroatoms. The number of benzene rings is 1. The van der Waals surface area contributed by atoms with E-state index in [1.54, 1.807) is 6.07 Å². The zero-order chi connectivity index (χ0) is 15.5. The van der Waals surface area contributed by atoms with Crippen LogP contribution in [0.25, 0.3) is 0 Å². The molecular formula is C14H19NO5S. The number of hydrogen-bond donors (Lipinski definition) is 1. The lowest BCUT2D eigenvalue weighted by atomic mass is 10.1. The topological polar surface area (TPSA) is 95.7 Å². The number of ether oxygens (including phenoxy) is 2. The zero-order valence-electron chi connectivity index (χ0n) is 11.9. The Morgan fingerprint density at radius 2 is 2.05 bits per heavy atom. The molecule has 0 bridgehead atoms. The highest BCUT2D eigenvalue weighted by Gasteiger charge is 2.22. The zero-order valence-corrected chi connectivity index (χ0v) is 12.7. The maximum atomic E-state index is 12.0. The summed E-state index contributed by atoms with van der Waals surface area (Å²) >= 11 is 0. The molecule has 0 aliphatic heterocycles. The SMILES string of the molecule is COCc1cc(C(=O)OCCC2CC2)cc(S(N)(=O)=O)c1. The summed E-state index contributed by atoms with van der Waals surface area (Å²) in [5.41, 5.74) is 0.725. The number of rotatable bonds is 7. The van der Waals surface area contributed by atoms with Gasteiger partial charge < -0.3 is 9.47 Å². The van der Waals surface area contributed by atoms with Gasteiger partial charge in [-0.2, -0.15) is 0 Å². The van der Waals surface area contributed by atoms with Gasteiger partial charge in [0.15, 0.2) is 0 Å².